The average Bonchev–Trinajstić information content (AvgIpc) is 2.38. The third-order valence-corrected chi connectivity index (χ3v) is 4.21. The molecule has 100 valence electrons. The number of likely N-dealkylation sites (tertiary alicyclic amines) is 1. The molecule has 1 N–H and O–H groups in total. The molecule has 0 amide bonds. The SMILES string of the molecule is CCC1CCN(C(C)c2ccc(O)cc2F)CC1. The summed E-state index contributed by atoms with van der Waals surface area (Å²) in [7, 11) is 0. The molecule has 1 saturated heterocycles. The topological polar surface area (TPSA) is 23.5 Å². The first-order valence-electron chi connectivity index (χ1n) is 6.84. The van der Waals surface area contributed by atoms with Crippen molar-refractivity contribution in [1.82, 2.24) is 4.90 Å². The Morgan fingerprint density at radius 2 is 2.06 bits per heavy atom. The van der Waals surface area contributed by atoms with Crippen LogP contribution in [0.3, 0.4) is 0 Å². The fourth-order valence-electron chi connectivity index (χ4n) is 2.80. The summed E-state index contributed by atoms with van der Waals surface area (Å²) in [5, 5.41) is 9.24. The first-order valence-corrected chi connectivity index (χ1v) is 6.84. The lowest BCUT2D eigenvalue weighted by molar-refractivity contribution is 0.137. The fraction of sp³-hybridized carbons (Fsp3) is 0.600. The fourth-order valence-corrected chi connectivity index (χ4v) is 2.80. The molecule has 3 heteroatoms. The highest BCUT2D eigenvalue weighted by Gasteiger charge is 2.24. The van der Waals surface area contributed by atoms with Gasteiger partial charge in [0, 0.05) is 17.7 Å². The molecule has 1 unspecified atom stereocenters. The third kappa shape index (κ3) is 2.83. The second kappa shape index (κ2) is 5.70. The lowest BCUT2D eigenvalue weighted by Crippen LogP contribution is -2.35. The van der Waals surface area contributed by atoms with Crippen LogP contribution in [0, 0.1) is 11.7 Å². The molecule has 0 spiro atoms. The van der Waals surface area contributed by atoms with Crippen molar-refractivity contribution in [2.24, 2.45) is 5.92 Å². The molecular weight excluding hydrogens is 229 g/mol. The minimum Gasteiger partial charge on any atom is -0.508 e. The third-order valence-electron chi connectivity index (χ3n) is 4.21. The van der Waals surface area contributed by atoms with Crippen molar-refractivity contribution in [2.75, 3.05) is 13.1 Å². The maximum absolute atomic E-state index is 13.8. The van der Waals surface area contributed by atoms with E-state index in [1.165, 1.54) is 25.3 Å². The van der Waals surface area contributed by atoms with Crippen molar-refractivity contribution >= 4 is 0 Å². The number of hydrogen-bond acceptors (Lipinski definition) is 2. The molecule has 1 aromatic rings. The van der Waals surface area contributed by atoms with Gasteiger partial charge in [-0.3, -0.25) is 4.90 Å². The van der Waals surface area contributed by atoms with Gasteiger partial charge in [-0.05, 0) is 44.8 Å². The highest BCUT2D eigenvalue weighted by Crippen LogP contribution is 2.30. The van der Waals surface area contributed by atoms with Gasteiger partial charge >= 0.3 is 0 Å². The number of benzene rings is 1. The molecule has 2 nitrogen and oxygen atoms in total. The van der Waals surface area contributed by atoms with Gasteiger partial charge in [0.1, 0.15) is 11.6 Å². The van der Waals surface area contributed by atoms with Gasteiger partial charge in [-0.2, -0.15) is 0 Å². The summed E-state index contributed by atoms with van der Waals surface area (Å²) in [6, 6.07) is 4.54. The molecule has 0 radical (unpaired) electrons. The van der Waals surface area contributed by atoms with Gasteiger partial charge in [0.15, 0.2) is 0 Å². The van der Waals surface area contributed by atoms with E-state index in [4.69, 9.17) is 0 Å². The maximum atomic E-state index is 13.8. The zero-order valence-corrected chi connectivity index (χ0v) is 11.2. The molecule has 1 aromatic carbocycles. The van der Waals surface area contributed by atoms with E-state index in [-0.39, 0.29) is 17.6 Å². The van der Waals surface area contributed by atoms with Crippen LogP contribution in [-0.4, -0.2) is 23.1 Å². The number of hydrogen-bond donors (Lipinski definition) is 1. The van der Waals surface area contributed by atoms with Crippen LogP contribution in [0.4, 0.5) is 4.39 Å². The molecule has 1 atom stereocenters. The summed E-state index contributed by atoms with van der Waals surface area (Å²) < 4.78 is 13.8. The minimum absolute atomic E-state index is 0.00635. The number of phenolic OH excluding ortho intramolecular Hbond substituents is 1. The van der Waals surface area contributed by atoms with Crippen molar-refractivity contribution in [3.8, 4) is 5.75 Å². The van der Waals surface area contributed by atoms with E-state index in [9.17, 15) is 9.50 Å². The van der Waals surface area contributed by atoms with Crippen LogP contribution in [0.2, 0.25) is 0 Å². The van der Waals surface area contributed by atoms with Gasteiger partial charge in [-0.1, -0.05) is 19.4 Å². The molecule has 0 aromatic heterocycles. The van der Waals surface area contributed by atoms with Gasteiger partial charge in [0.25, 0.3) is 0 Å². The number of rotatable bonds is 3. The molecule has 18 heavy (non-hydrogen) atoms. The van der Waals surface area contributed by atoms with Crippen LogP contribution in [0.15, 0.2) is 18.2 Å². The Balaban J connectivity index is 2.05. The van der Waals surface area contributed by atoms with Crippen molar-refractivity contribution < 1.29 is 9.50 Å². The van der Waals surface area contributed by atoms with Crippen molar-refractivity contribution in [3.63, 3.8) is 0 Å². The highest BCUT2D eigenvalue weighted by molar-refractivity contribution is 5.29. The van der Waals surface area contributed by atoms with Gasteiger partial charge in [-0.25, -0.2) is 4.39 Å². The number of phenols is 1. The summed E-state index contributed by atoms with van der Waals surface area (Å²) >= 11 is 0. The van der Waals surface area contributed by atoms with Crippen LogP contribution in [0.1, 0.15) is 44.7 Å². The minimum atomic E-state index is -0.305. The smallest absolute Gasteiger partial charge is 0.131 e. The van der Waals surface area contributed by atoms with Crippen LogP contribution >= 0.6 is 0 Å². The largest absolute Gasteiger partial charge is 0.508 e. The van der Waals surface area contributed by atoms with E-state index in [0.29, 0.717) is 5.56 Å². The van der Waals surface area contributed by atoms with Gasteiger partial charge in [-0.15, -0.1) is 0 Å². The summed E-state index contributed by atoms with van der Waals surface area (Å²) in [6.07, 6.45) is 3.66. The maximum Gasteiger partial charge on any atom is 0.131 e. The van der Waals surface area contributed by atoms with Crippen molar-refractivity contribution in [2.45, 2.75) is 39.2 Å². The number of aromatic hydroxyl groups is 1. The first kappa shape index (κ1) is 13.3. The zero-order valence-electron chi connectivity index (χ0n) is 11.2. The van der Waals surface area contributed by atoms with Crippen LogP contribution < -0.4 is 0 Å². The molecule has 1 aliphatic heterocycles. The Kier molecular flexibility index (Phi) is 4.23. The van der Waals surface area contributed by atoms with E-state index >= 15 is 0 Å². The lowest BCUT2D eigenvalue weighted by Gasteiger charge is -2.36. The molecule has 1 fully saturated rings. The first-order chi connectivity index (χ1) is 8.61. The summed E-state index contributed by atoms with van der Waals surface area (Å²) in [5.74, 6) is 0.520. The molecule has 1 aliphatic rings. The van der Waals surface area contributed by atoms with Gasteiger partial charge in [0.2, 0.25) is 0 Å². The van der Waals surface area contributed by atoms with E-state index in [1.54, 1.807) is 12.1 Å². The summed E-state index contributed by atoms with van der Waals surface area (Å²) in [6.45, 7) is 6.37. The Bertz CT molecular complexity index is 399. The molecule has 0 saturated carbocycles. The Morgan fingerprint density at radius 3 is 2.61 bits per heavy atom. The van der Waals surface area contributed by atoms with E-state index < -0.39 is 0 Å². The molecular formula is C15H22FNO. The van der Waals surface area contributed by atoms with E-state index in [0.717, 1.165) is 19.0 Å². The Hall–Kier alpha value is -1.09. The normalized spacial score (nSPS) is 19.9. The summed E-state index contributed by atoms with van der Waals surface area (Å²) in [5.41, 5.74) is 0.683. The standard InChI is InChI=1S/C15H22FNO/c1-3-12-6-8-17(9-7-12)11(2)14-5-4-13(18)10-15(14)16/h4-5,10-12,18H,3,6-9H2,1-2H3. The van der Waals surface area contributed by atoms with Crippen LogP contribution in [-0.2, 0) is 0 Å². The van der Waals surface area contributed by atoms with Crippen LogP contribution in [0.25, 0.3) is 0 Å². The second-order valence-electron chi connectivity index (χ2n) is 5.27. The molecule has 1 heterocycles. The van der Waals surface area contributed by atoms with Crippen LogP contribution in [0.5, 0.6) is 5.75 Å². The lowest BCUT2D eigenvalue weighted by atomic mass is 9.92. The molecule has 2 rings (SSSR count). The van der Waals surface area contributed by atoms with E-state index in [2.05, 4.69) is 11.8 Å². The Morgan fingerprint density at radius 1 is 1.39 bits per heavy atom. The van der Waals surface area contributed by atoms with E-state index in [1.807, 2.05) is 6.92 Å². The second-order valence-corrected chi connectivity index (χ2v) is 5.27. The number of piperidine rings is 1. The highest BCUT2D eigenvalue weighted by atomic mass is 19.1. The predicted octanol–water partition coefficient (Wildman–Crippen LogP) is 3.71. The molecule has 0 aliphatic carbocycles. The predicted molar refractivity (Wildman–Crippen MR) is 71.1 cm³/mol. The van der Waals surface area contributed by atoms with Gasteiger partial charge < -0.3 is 5.11 Å². The quantitative estimate of drug-likeness (QED) is 0.885. The van der Waals surface area contributed by atoms with Crippen molar-refractivity contribution in [3.05, 3.63) is 29.6 Å². The molecule has 0 bridgehead atoms. The Labute approximate surface area is 108 Å². The zero-order chi connectivity index (χ0) is 13.1. The summed E-state index contributed by atoms with van der Waals surface area (Å²) in [4.78, 5) is 2.33. The van der Waals surface area contributed by atoms with Gasteiger partial charge in [0.05, 0.1) is 0 Å². The monoisotopic (exact) mass is 251 g/mol. The average molecular weight is 251 g/mol. The number of nitrogens with zero attached hydrogens (tertiary/aromatic N) is 1. The van der Waals surface area contributed by atoms with Crippen molar-refractivity contribution in [1.29, 1.82) is 0 Å². The number of halogens is 1.